The van der Waals surface area contributed by atoms with Gasteiger partial charge in [-0.05, 0) is 52.9 Å². The molecule has 0 bridgehead atoms. The van der Waals surface area contributed by atoms with Gasteiger partial charge >= 0.3 is 0 Å². The van der Waals surface area contributed by atoms with Crippen LogP contribution in [0.25, 0.3) is 5.69 Å². The van der Waals surface area contributed by atoms with Crippen molar-refractivity contribution >= 4 is 11.6 Å². The van der Waals surface area contributed by atoms with Gasteiger partial charge in [0.1, 0.15) is 6.33 Å². The SMILES string of the molecule is N#Cc1cccc(NC(=O)c2ccc(-n3cnnn3)cc2)c1. The summed E-state index contributed by atoms with van der Waals surface area (Å²) in [7, 11) is 0. The lowest BCUT2D eigenvalue weighted by atomic mass is 10.1. The summed E-state index contributed by atoms with van der Waals surface area (Å²) in [5, 5.41) is 22.5. The largest absolute Gasteiger partial charge is 0.322 e. The summed E-state index contributed by atoms with van der Waals surface area (Å²) in [4.78, 5) is 12.2. The number of hydrogen-bond acceptors (Lipinski definition) is 5. The van der Waals surface area contributed by atoms with E-state index in [9.17, 15) is 4.79 Å². The minimum absolute atomic E-state index is 0.252. The topological polar surface area (TPSA) is 96.5 Å². The highest BCUT2D eigenvalue weighted by atomic mass is 16.1. The number of tetrazole rings is 1. The molecule has 7 heteroatoms. The molecule has 0 aliphatic rings. The first-order valence-corrected chi connectivity index (χ1v) is 6.41. The van der Waals surface area contributed by atoms with Crippen LogP contribution in [0.3, 0.4) is 0 Å². The molecular weight excluding hydrogens is 280 g/mol. The number of carbonyl (C=O) groups is 1. The van der Waals surface area contributed by atoms with Crippen molar-refractivity contribution in [3.05, 3.63) is 66.0 Å². The Kier molecular flexibility index (Phi) is 3.58. The second-order valence-electron chi connectivity index (χ2n) is 4.45. The molecule has 0 saturated carbocycles. The van der Waals surface area contributed by atoms with Gasteiger partial charge in [-0.15, -0.1) is 5.10 Å². The van der Waals surface area contributed by atoms with Gasteiger partial charge in [0, 0.05) is 11.3 Å². The van der Waals surface area contributed by atoms with Crippen LogP contribution in [0, 0.1) is 11.3 Å². The molecule has 0 aliphatic carbocycles. The number of nitrogens with one attached hydrogen (secondary N) is 1. The molecule has 2 aromatic carbocycles. The molecule has 0 saturated heterocycles. The van der Waals surface area contributed by atoms with E-state index in [0.29, 0.717) is 16.8 Å². The Labute approximate surface area is 125 Å². The molecule has 7 nitrogen and oxygen atoms in total. The zero-order valence-corrected chi connectivity index (χ0v) is 11.3. The van der Waals surface area contributed by atoms with Crippen LogP contribution in [-0.2, 0) is 0 Å². The monoisotopic (exact) mass is 290 g/mol. The molecule has 0 aliphatic heterocycles. The third kappa shape index (κ3) is 2.81. The van der Waals surface area contributed by atoms with Crippen LogP contribution in [0.1, 0.15) is 15.9 Å². The predicted molar refractivity (Wildman–Crippen MR) is 78.3 cm³/mol. The Bertz CT molecular complexity index is 833. The summed E-state index contributed by atoms with van der Waals surface area (Å²) in [5.41, 5.74) is 2.33. The summed E-state index contributed by atoms with van der Waals surface area (Å²) in [5.74, 6) is -0.252. The first kappa shape index (κ1) is 13.5. The van der Waals surface area contributed by atoms with E-state index in [0.717, 1.165) is 5.69 Å². The Morgan fingerprint density at radius 1 is 1.18 bits per heavy atom. The van der Waals surface area contributed by atoms with Crippen LogP contribution in [0.2, 0.25) is 0 Å². The van der Waals surface area contributed by atoms with Gasteiger partial charge < -0.3 is 5.32 Å². The van der Waals surface area contributed by atoms with Crippen LogP contribution >= 0.6 is 0 Å². The van der Waals surface area contributed by atoms with Gasteiger partial charge in [0.25, 0.3) is 5.91 Å². The van der Waals surface area contributed by atoms with E-state index in [4.69, 9.17) is 5.26 Å². The van der Waals surface area contributed by atoms with Gasteiger partial charge in [-0.3, -0.25) is 4.79 Å². The Hall–Kier alpha value is -3.53. The number of benzene rings is 2. The summed E-state index contributed by atoms with van der Waals surface area (Å²) >= 11 is 0. The molecule has 0 fully saturated rings. The van der Waals surface area contributed by atoms with Crippen molar-refractivity contribution in [3.8, 4) is 11.8 Å². The molecule has 1 N–H and O–H groups in total. The fourth-order valence-electron chi connectivity index (χ4n) is 1.91. The van der Waals surface area contributed by atoms with Gasteiger partial charge in [-0.25, -0.2) is 4.68 Å². The average Bonchev–Trinajstić information content (AvgIpc) is 3.09. The van der Waals surface area contributed by atoms with Crippen molar-refractivity contribution in [1.82, 2.24) is 20.2 Å². The standard InChI is InChI=1S/C15H10N6O/c16-9-11-2-1-3-13(8-11)18-15(22)12-4-6-14(7-5-12)21-10-17-19-20-21/h1-8,10H,(H,18,22). The van der Waals surface area contributed by atoms with E-state index >= 15 is 0 Å². The van der Waals surface area contributed by atoms with Crippen LogP contribution in [0.4, 0.5) is 5.69 Å². The molecule has 0 radical (unpaired) electrons. The van der Waals surface area contributed by atoms with E-state index in [-0.39, 0.29) is 5.91 Å². The number of amides is 1. The average molecular weight is 290 g/mol. The Balaban J connectivity index is 1.76. The van der Waals surface area contributed by atoms with Crippen molar-refractivity contribution < 1.29 is 4.79 Å². The maximum absolute atomic E-state index is 12.2. The summed E-state index contributed by atoms with van der Waals surface area (Å²) in [6, 6.07) is 15.6. The van der Waals surface area contributed by atoms with Crippen LogP contribution < -0.4 is 5.32 Å². The van der Waals surface area contributed by atoms with Crippen molar-refractivity contribution in [2.75, 3.05) is 5.32 Å². The molecule has 3 aromatic rings. The predicted octanol–water partition coefficient (Wildman–Crippen LogP) is 1.79. The number of anilines is 1. The maximum Gasteiger partial charge on any atom is 0.255 e. The third-order valence-electron chi connectivity index (χ3n) is 2.99. The summed E-state index contributed by atoms with van der Waals surface area (Å²) < 4.78 is 1.50. The summed E-state index contributed by atoms with van der Waals surface area (Å²) in [6.07, 6.45) is 1.47. The molecule has 1 heterocycles. The lowest BCUT2D eigenvalue weighted by Gasteiger charge is -2.06. The highest BCUT2D eigenvalue weighted by Gasteiger charge is 2.07. The Morgan fingerprint density at radius 3 is 2.68 bits per heavy atom. The van der Waals surface area contributed by atoms with E-state index in [1.807, 2.05) is 6.07 Å². The Morgan fingerprint density at radius 2 is 2.00 bits per heavy atom. The molecule has 0 spiro atoms. The lowest BCUT2D eigenvalue weighted by Crippen LogP contribution is -2.12. The zero-order valence-electron chi connectivity index (χ0n) is 11.3. The van der Waals surface area contributed by atoms with Gasteiger partial charge in [0.15, 0.2) is 0 Å². The van der Waals surface area contributed by atoms with E-state index < -0.39 is 0 Å². The minimum atomic E-state index is -0.252. The van der Waals surface area contributed by atoms with E-state index in [2.05, 4.69) is 20.8 Å². The normalized spacial score (nSPS) is 9.95. The van der Waals surface area contributed by atoms with Gasteiger partial charge in [-0.2, -0.15) is 5.26 Å². The first-order chi connectivity index (χ1) is 10.8. The second-order valence-corrected chi connectivity index (χ2v) is 4.45. The van der Waals surface area contributed by atoms with Crippen LogP contribution in [0.5, 0.6) is 0 Å². The lowest BCUT2D eigenvalue weighted by molar-refractivity contribution is 0.102. The van der Waals surface area contributed by atoms with Crippen molar-refractivity contribution in [1.29, 1.82) is 5.26 Å². The molecule has 1 aromatic heterocycles. The fourth-order valence-corrected chi connectivity index (χ4v) is 1.91. The van der Waals surface area contributed by atoms with Gasteiger partial charge in [-0.1, -0.05) is 6.07 Å². The first-order valence-electron chi connectivity index (χ1n) is 6.41. The van der Waals surface area contributed by atoms with E-state index in [1.165, 1.54) is 11.0 Å². The fraction of sp³-hybridized carbons (Fsp3) is 0. The molecule has 0 unspecified atom stereocenters. The minimum Gasteiger partial charge on any atom is -0.322 e. The van der Waals surface area contributed by atoms with Crippen LogP contribution in [0.15, 0.2) is 54.9 Å². The number of rotatable bonds is 3. The maximum atomic E-state index is 12.2. The molecule has 0 atom stereocenters. The molecule has 1 amide bonds. The highest BCUT2D eigenvalue weighted by molar-refractivity contribution is 6.04. The quantitative estimate of drug-likeness (QED) is 0.793. The molecular formula is C15H10N6O. The number of nitriles is 1. The number of carbonyl (C=O) groups excluding carboxylic acids is 1. The summed E-state index contributed by atoms with van der Waals surface area (Å²) in [6.45, 7) is 0. The second kappa shape index (κ2) is 5.85. The highest BCUT2D eigenvalue weighted by Crippen LogP contribution is 2.13. The number of nitrogens with zero attached hydrogens (tertiary/aromatic N) is 5. The number of aromatic nitrogens is 4. The van der Waals surface area contributed by atoms with Gasteiger partial charge in [0.2, 0.25) is 0 Å². The van der Waals surface area contributed by atoms with Crippen LogP contribution in [-0.4, -0.2) is 26.1 Å². The molecule has 106 valence electrons. The van der Waals surface area contributed by atoms with Crippen molar-refractivity contribution in [2.24, 2.45) is 0 Å². The molecule has 3 rings (SSSR count). The number of hydrogen-bond donors (Lipinski definition) is 1. The van der Waals surface area contributed by atoms with Crippen molar-refractivity contribution in [2.45, 2.75) is 0 Å². The smallest absolute Gasteiger partial charge is 0.255 e. The zero-order chi connectivity index (χ0) is 15.4. The third-order valence-corrected chi connectivity index (χ3v) is 2.99. The molecule has 22 heavy (non-hydrogen) atoms. The van der Waals surface area contributed by atoms with E-state index in [1.54, 1.807) is 48.5 Å². The van der Waals surface area contributed by atoms with Crippen molar-refractivity contribution in [3.63, 3.8) is 0 Å². The van der Waals surface area contributed by atoms with Gasteiger partial charge in [0.05, 0.1) is 17.3 Å².